The Bertz CT molecular complexity index is 520. The van der Waals surface area contributed by atoms with Crippen LogP contribution in [0.3, 0.4) is 0 Å². The number of ketones is 1. The average molecular weight is 245 g/mol. The molecular formula is C14H15NOS. The fourth-order valence-electron chi connectivity index (χ4n) is 2.09. The van der Waals surface area contributed by atoms with Gasteiger partial charge in [0.25, 0.3) is 0 Å². The Kier molecular flexibility index (Phi) is 3.38. The lowest BCUT2D eigenvalue weighted by molar-refractivity contribution is 0.0988. The zero-order chi connectivity index (χ0) is 12.4. The normalized spacial score (nSPS) is 10.5. The molecule has 88 valence electrons. The van der Waals surface area contributed by atoms with Gasteiger partial charge in [0.15, 0.2) is 5.78 Å². The van der Waals surface area contributed by atoms with E-state index in [0.29, 0.717) is 12.1 Å². The van der Waals surface area contributed by atoms with Crippen molar-refractivity contribution in [2.75, 3.05) is 0 Å². The molecule has 0 amide bonds. The van der Waals surface area contributed by atoms with Gasteiger partial charge in [-0.05, 0) is 37.5 Å². The molecule has 0 fully saturated rings. The van der Waals surface area contributed by atoms with Crippen molar-refractivity contribution in [3.05, 3.63) is 51.0 Å². The van der Waals surface area contributed by atoms with Crippen molar-refractivity contribution in [2.24, 2.45) is 0 Å². The van der Waals surface area contributed by atoms with Gasteiger partial charge >= 0.3 is 0 Å². The van der Waals surface area contributed by atoms with Crippen molar-refractivity contribution in [3.8, 4) is 0 Å². The number of rotatable bonds is 3. The molecule has 1 aromatic carbocycles. The third kappa shape index (κ3) is 2.61. The lowest BCUT2D eigenvalue weighted by Crippen LogP contribution is -2.07. The molecule has 0 spiro atoms. The van der Waals surface area contributed by atoms with Crippen molar-refractivity contribution in [2.45, 2.75) is 27.2 Å². The van der Waals surface area contributed by atoms with Crippen LogP contribution in [-0.4, -0.2) is 10.8 Å². The Labute approximate surface area is 105 Å². The van der Waals surface area contributed by atoms with E-state index >= 15 is 0 Å². The van der Waals surface area contributed by atoms with Crippen molar-refractivity contribution in [1.29, 1.82) is 0 Å². The number of thiazole rings is 1. The van der Waals surface area contributed by atoms with Gasteiger partial charge in [-0.3, -0.25) is 4.79 Å². The molecule has 2 nitrogen and oxygen atoms in total. The number of Topliss-reactive ketones (excluding diaryl/α,β-unsaturated/α-hetero) is 1. The van der Waals surface area contributed by atoms with Gasteiger partial charge in [0.05, 0.1) is 5.51 Å². The molecular weight excluding hydrogens is 230 g/mol. The van der Waals surface area contributed by atoms with Gasteiger partial charge in [0.1, 0.15) is 5.69 Å². The first-order valence-corrected chi connectivity index (χ1v) is 6.50. The fourth-order valence-corrected chi connectivity index (χ4v) is 2.65. The minimum Gasteiger partial charge on any atom is -0.292 e. The van der Waals surface area contributed by atoms with Gasteiger partial charge in [0, 0.05) is 11.8 Å². The van der Waals surface area contributed by atoms with Crippen molar-refractivity contribution in [1.82, 2.24) is 4.98 Å². The van der Waals surface area contributed by atoms with Crippen LogP contribution in [-0.2, 0) is 6.42 Å². The van der Waals surface area contributed by atoms with Gasteiger partial charge in [0.2, 0.25) is 0 Å². The van der Waals surface area contributed by atoms with E-state index in [2.05, 4.69) is 37.9 Å². The Morgan fingerprint density at radius 1 is 1.24 bits per heavy atom. The zero-order valence-electron chi connectivity index (χ0n) is 10.3. The maximum atomic E-state index is 12.0. The van der Waals surface area contributed by atoms with Crippen LogP contribution in [0.1, 0.15) is 32.7 Å². The largest absolute Gasteiger partial charge is 0.292 e. The average Bonchev–Trinajstić information content (AvgIpc) is 2.76. The van der Waals surface area contributed by atoms with Crippen molar-refractivity contribution < 1.29 is 4.79 Å². The van der Waals surface area contributed by atoms with Gasteiger partial charge in [-0.1, -0.05) is 17.7 Å². The lowest BCUT2D eigenvalue weighted by atomic mass is 9.95. The number of hydrogen-bond donors (Lipinski definition) is 0. The predicted octanol–water partition coefficient (Wildman–Crippen LogP) is 3.49. The molecule has 0 aliphatic heterocycles. The summed E-state index contributed by atoms with van der Waals surface area (Å²) in [6.45, 7) is 6.19. The van der Waals surface area contributed by atoms with Crippen molar-refractivity contribution >= 4 is 17.1 Å². The first-order valence-electron chi connectivity index (χ1n) is 5.56. The summed E-state index contributed by atoms with van der Waals surface area (Å²) >= 11 is 1.46. The molecule has 0 radical (unpaired) electrons. The predicted molar refractivity (Wildman–Crippen MR) is 70.8 cm³/mol. The van der Waals surface area contributed by atoms with Crippen LogP contribution in [0.2, 0.25) is 0 Å². The number of nitrogens with zero attached hydrogens (tertiary/aromatic N) is 1. The molecule has 0 bridgehead atoms. The topological polar surface area (TPSA) is 30.0 Å². The van der Waals surface area contributed by atoms with Crippen LogP contribution in [0.25, 0.3) is 0 Å². The summed E-state index contributed by atoms with van der Waals surface area (Å²) in [5, 5.41) is 1.81. The second-order valence-corrected chi connectivity index (χ2v) is 5.07. The minimum absolute atomic E-state index is 0.0984. The quantitative estimate of drug-likeness (QED) is 0.775. The minimum atomic E-state index is 0.0984. The summed E-state index contributed by atoms with van der Waals surface area (Å²) < 4.78 is 0. The second-order valence-electron chi connectivity index (χ2n) is 4.35. The first-order chi connectivity index (χ1) is 8.08. The zero-order valence-corrected chi connectivity index (χ0v) is 11.1. The molecule has 2 aromatic rings. The van der Waals surface area contributed by atoms with Crippen LogP contribution in [0.4, 0.5) is 0 Å². The molecule has 1 aromatic heterocycles. The number of hydrogen-bond acceptors (Lipinski definition) is 3. The second kappa shape index (κ2) is 4.80. The summed E-state index contributed by atoms with van der Waals surface area (Å²) in [5.74, 6) is 0.0984. The summed E-state index contributed by atoms with van der Waals surface area (Å²) in [4.78, 5) is 16.1. The highest BCUT2D eigenvalue weighted by molar-refractivity contribution is 7.07. The van der Waals surface area contributed by atoms with E-state index in [1.54, 1.807) is 10.9 Å². The summed E-state index contributed by atoms with van der Waals surface area (Å²) in [6.07, 6.45) is 0.446. The van der Waals surface area contributed by atoms with E-state index < -0.39 is 0 Å². The van der Waals surface area contributed by atoms with Crippen LogP contribution in [0.5, 0.6) is 0 Å². The third-order valence-corrected chi connectivity index (χ3v) is 3.48. The Morgan fingerprint density at radius 3 is 2.41 bits per heavy atom. The monoisotopic (exact) mass is 245 g/mol. The summed E-state index contributed by atoms with van der Waals surface area (Å²) in [5.41, 5.74) is 7.02. The maximum Gasteiger partial charge on any atom is 0.186 e. The van der Waals surface area contributed by atoms with Crippen LogP contribution >= 0.6 is 11.3 Å². The molecule has 3 heteroatoms. The first kappa shape index (κ1) is 12.0. The van der Waals surface area contributed by atoms with E-state index in [4.69, 9.17) is 0 Å². The van der Waals surface area contributed by atoms with Gasteiger partial charge in [-0.15, -0.1) is 11.3 Å². The van der Waals surface area contributed by atoms with E-state index in [-0.39, 0.29) is 5.78 Å². The van der Waals surface area contributed by atoms with Gasteiger partial charge in [-0.2, -0.15) is 0 Å². The number of carbonyl (C=O) groups excluding carboxylic acids is 1. The van der Waals surface area contributed by atoms with Crippen molar-refractivity contribution in [3.63, 3.8) is 0 Å². The molecule has 17 heavy (non-hydrogen) atoms. The molecule has 0 aliphatic carbocycles. The standard InChI is InChI=1S/C14H15NOS/c1-9-4-10(2)12(11(3)5-9)6-14(16)13-7-17-8-15-13/h4-5,7-8H,6H2,1-3H3. The highest BCUT2D eigenvalue weighted by Gasteiger charge is 2.12. The molecule has 0 unspecified atom stereocenters. The highest BCUT2D eigenvalue weighted by Crippen LogP contribution is 2.18. The van der Waals surface area contributed by atoms with Crippen LogP contribution in [0, 0.1) is 20.8 Å². The van der Waals surface area contributed by atoms with Gasteiger partial charge in [-0.25, -0.2) is 4.98 Å². The lowest BCUT2D eigenvalue weighted by Gasteiger charge is -2.09. The smallest absolute Gasteiger partial charge is 0.186 e. The molecule has 0 aliphatic rings. The summed E-state index contributed by atoms with van der Waals surface area (Å²) in [7, 11) is 0. The Hall–Kier alpha value is -1.48. The van der Waals surface area contributed by atoms with E-state index in [1.807, 2.05) is 0 Å². The Balaban J connectivity index is 2.28. The molecule has 0 saturated heterocycles. The molecule has 0 N–H and O–H groups in total. The van der Waals surface area contributed by atoms with E-state index in [0.717, 1.165) is 5.56 Å². The molecule has 1 heterocycles. The van der Waals surface area contributed by atoms with E-state index in [9.17, 15) is 4.79 Å². The van der Waals surface area contributed by atoms with Crippen LogP contribution in [0.15, 0.2) is 23.0 Å². The number of aromatic nitrogens is 1. The van der Waals surface area contributed by atoms with E-state index in [1.165, 1.54) is 28.0 Å². The SMILES string of the molecule is Cc1cc(C)c(CC(=O)c2cscn2)c(C)c1. The number of carbonyl (C=O) groups is 1. The fraction of sp³-hybridized carbons (Fsp3) is 0.286. The summed E-state index contributed by atoms with van der Waals surface area (Å²) in [6, 6.07) is 4.24. The van der Waals surface area contributed by atoms with Gasteiger partial charge < -0.3 is 0 Å². The number of benzene rings is 1. The molecule has 0 atom stereocenters. The molecule has 0 saturated carbocycles. The maximum absolute atomic E-state index is 12.0. The Morgan fingerprint density at radius 2 is 1.88 bits per heavy atom. The molecule has 2 rings (SSSR count). The highest BCUT2D eigenvalue weighted by atomic mass is 32.1. The van der Waals surface area contributed by atoms with Crippen LogP contribution < -0.4 is 0 Å². The number of aryl methyl sites for hydroxylation is 3. The third-order valence-electron chi connectivity index (χ3n) is 2.90.